The van der Waals surface area contributed by atoms with Crippen LogP contribution in [0, 0.1) is 0 Å². The van der Waals surface area contributed by atoms with Gasteiger partial charge in [-0.1, -0.05) is 5.11 Å². The molecule has 0 aromatic heterocycles. The van der Waals surface area contributed by atoms with E-state index in [0.29, 0.717) is 6.61 Å². The van der Waals surface area contributed by atoms with Crippen molar-refractivity contribution in [3.05, 3.63) is 10.4 Å². The van der Waals surface area contributed by atoms with Gasteiger partial charge in [-0.05, 0) is 5.53 Å². The molecule has 0 aliphatic carbocycles. The number of hydrogen-bond acceptors (Lipinski definition) is 2. The Bertz CT molecular complexity index is 91.0. The van der Waals surface area contributed by atoms with E-state index in [4.69, 9.17) is 5.53 Å². The molecule has 0 aromatic carbocycles. The van der Waals surface area contributed by atoms with Crippen LogP contribution in [-0.4, -0.2) is 12.8 Å². The van der Waals surface area contributed by atoms with Gasteiger partial charge in [0.15, 0.2) is 6.23 Å². The highest BCUT2D eigenvalue weighted by atomic mass is 16.6. The second-order valence-electron chi connectivity index (χ2n) is 0.993. The van der Waals surface area contributed by atoms with Gasteiger partial charge < -0.3 is 4.74 Å². The monoisotopic (exact) mass is 85.0 g/mol. The average molecular weight is 85.1 g/mol. The molecule has 1 fully saturated rings. The summed E-state index contributed by atoms with van der Waals surface area (Å²) in [7, 11) is 0. The third-order valence-electron chi connectivity index (χ3n) is 0.496. The van der Waals surface area contributed by atoms with Crippen molar-refractivity contribution in [2.75, 3.05) is 6.61 Å². The molecule has 0 N–H and O–H groups in total. The van der Waals surface area contributed by atoms with Crippen LogP contribution in [0.1, 0.15) is 0 Å². The number of epoxide rings is 1. The standard InChI is InChI=1S/C2H3N3O/c3-5-4-2-1-6-2/h2H,1H2. The highest BCUT2D eigenvalue weighted by Crippen LogP contribution is 2.08. The highest BCUT2D eigenvalue weighted by Gasteiger charge is 2.19. The van der Waals surface area contributed by atoms with Crippen LogP contribution in [0.4, 0.5) is 0 Å². The third kappa shape index (κ3) is 0.607. The predicted octanol–water partition coefficient (Wildman–Crippen LogP) is 0.653. The first-order valence-electron chi connectivity index (χ1n) is 1.59. The van der Waals surface area contributed by atoms with Gasteiger partial charge >= 0.3 is 0 Å². The quantitative estimate of drug-likeness (QED) is 0.199. The summed E-state index contributed by atoms with van der Waals surface area (Å²) in [4.78, 5) is 2.50. The van der Waals surface area contributed by atoms with Gasteiger partial charge in [0.25, 0.3) is 0 Å². The topological polar surface area (TPSA) is 61.3 Å². The molecule has 1 saturated heterocycles. The van der Waals surface area contributed by atoms with E-state index in [1.165, 1.54) is 0 Å². The van der Waals surface area contributed by atoms with E-state index in [9.17, 15) is 0 Å². The van der Waals surface area contributed by atoms with Crippen molar-refractivity contribution >= 4 is 0 Å². The molecule has 0 spiro atoms. The molecule has 0 radical (unpaired) electrons. The maximum absolute atomic E-state index is 7.66. The number of ether oxygens (including phenoxy) is 1. The van der Waals surface area contributed by atoms with Crippen LogP contribution < -0.4 is 0 Å². The summed E-state index contributed by atoms with van der Waals surface area (Å²) in [5, 5.41) is 3.19. The molecule has 6 heavy (non-hydrogen) atoms. The lowest BCUT2D eigenvalue weighted by atomic mass is 10.8. The number of rotatable bonds is 1. The smallest absolute Gasteiger partial charge is 0.159 e. The molecule has 1 aliphatic heterocycles. The molecule has 0 saturated carbocycles. The summed E-state index contributed by atoms with van der Waals surface area (Å²) in [5.41, 5.74) is 7.66. The van der Waals surface area contributed by atoms with Crippen LogP contribution in [0.15, 0.2) is 5.11 Å². The Labute approximate surface area is 34.3 Å². The van der Waals surface area contributed by atoms with Gasteiger partial charge in [0.2, 0.25) is 0 Å². The van der Waals surface area contributed by atoms with E-state index in [2.05, 4.69) is 14.8 Å². The van der Waals surface area contributed by atoms with Crippen LogP contribution in [-0.2, 0) is 4.74 Å². The van der Waals surface area contributed by atoms with Gasteiger partial charge in [-0.3, -0.25) is 0 Å². The molecule has 4 nitrogen and oxygen atoms in total. The van der Waals surface area contributed by atoms with Crippen LogP contribution >= 0.6 is 0 Å². The van der Waals surface area contributed by atoms with Crippen molar-refractivity contribution < 1.29 is 4.74 Å². The van der Waals surface area contributed by atoms with Crippen LogP contribution in [0.3, 0.4) is 0 Å². The summed E-state index contributed by atoms with van der Waals surface area (Å²) in [6.45, 7) is 0.601. The third-order valence-corrected chi connectivity index (χ3v) is 0.496. The normalized spacial score (nSPS) is 28.3. The Hall–Kier alpha value is -0.730. The predicted molar refractivity (Wildman–Crippen MR) is 18.9 cm³/mol. The van der Waals surface area contributed by atoms with Crippen molar-refractivity contribution in [2.24, 2.45) is 5.11 Å². The van der Waals surface area contributed by atoms with E-state index in [-0.39, 0.29) is 6.23 Å². The van der Waals surface area contributed by atoms with Crippen molar-refractivity contribution in [1.82, 2.24) is 0 Å². The van der Waals surface area contributed by atoms with Crippen LogP contribution in [0.25, 0.3) is 10.4 Å². The second-order valence-corrected chi connectivity index (χ2v) is 0.993. The highest BCUT2D eigenvalue weighted by molar-refractivity contribution is 4.64. The zero-order valence-electron chi connectivity index (χ0n) is 3.03. The Morgan fingerprint density at radius 1 is 2.00 bits per heavy atom. The van der Waals surface area contributed by atoms with Gasteiger partial charge in [0.1, 0.15) is 0 Å². The molecule has 0 amide bonds. The first kappa shape index (κ1) is 3.46. The first-order chi connectivity index (χ1) is 2.93. The van der Waals surface area contributed by atoms with E-state index < -0.39 is 0 Å². The minimum Gasteiger partial charge on any atom is -0.367 e. The average Bonchev–Trinajstić information content (AvgIpc) is 2.21. The van der Waals surface area contributed by atoms with Gasteiger partial charge in [-0.15, -0.1) is 0 Å². The molecule has 1 aliphatic rings. The van der Waals surface area contributed by atoms with E-state index in [1.54, 1.807) is 0 Å². The minimum atomic E-state index is -0.144. The molecule has 1 rings (SSSR count). The Morgan fingerprint density at radius 3 is 2.83 bits per heavy atom. The summed E-state index contributed by atoms with van der Waals surface area (Å²) in [5.74, 6) is 0. The fraction of sp³-hybridized carbons (Fsp3) is 1.00. The Kier molecular flexibility index (Phi) is 0.670. The number of azide groups is 1. The first-order valence-corrected chi connectivity index (χ1v) is 1.59. The molecule has 0 bridgehead atoms. The molecule has 0 aromatic rings. The van der Waals surface area contributed by atoms with E-state index in [1.807, 2.05) is 0 Å². The second kappa shape index (κ2) is 1.16. The van der Waals surface area contributed by atoms with Gasteiger partial charge in [-0.25, -0.2) is 0 Å². The molecular weight excluding hydrogens is 82.0 g/mol. The van der Waals surface area contributed by atoms with Gasteiger partial charge in [0.05, 0.1) is 6.61 Å². The van der Waals surface area contributed by atoms with Crippen molar-refractivity contribution in [2.45, 2.75) is 6.23 Å². The van der Waals surface area contributed by atoms with Crippen LogP contribution in [0.5, 0.6) is 0 Å². The summed E-state index contributed by atoms with van der Waals surface area (Å²) < 4.78 is 4.53. The molecule has 1 atom stereocenters. The summed E-state index contributed by atoms with van der Waals surface area (Å²) in [6.07, 6.45) is -0.144. The lowest BCUT2D eigenvalue weighted by molar-refractivity contribution is 0.414. The van der Waals surface area contributed by atoms with Crippen molar-refractivity contribution in [3.63, 3.8) is 0 Å². The minimum absolute atomic E-state index is 0.144. The molecule has 32 valence electrons. The van der Waals surface area contributed by atoms with Gasteiger partial charge in [0, 0.05) is 4.91 Å². The zero-order chi connectivity index (χ0) is 4.41. The largest absolute Gasteiger partial charge is 0.367 e. The Balaban J connectivity index is 2.33. The van der Waals surface area contributed by atoms with E-state index in [0.717, 1.165) is 0 Å². The lowest BCUT2D eigenvalue weighted by Crippen LogP contribution is -1.65. The zero-order valence-corrected chi connectivity index (χ0v) is 3.03. The Morgan fingerprint density at radius 2 is 2.67 bits per heavy atom. The SMILES string of the molecule is [N-]=[N+]=NC1CO1. The number of nitrogens with zero attached hydrogens (tertiary/aromatic N) is 3. The molecular formula is C2H3N3O. The van der Waals surface area contributed by atoms with Crippen LogP contribution in [0.2, 0.25) is 0 Å². The molecule has 1 heterocycles. The maximum Gasteiger partial charge on any atom is 0.159 e. The van der Waals surface area contributed by atoms with Crippen molar-refractivity contribution in [1.29, 1.82) is 0 Å². The molecule has 1 unspecified atom stereocenters. The van der Waals surface area contributed by atoms with Crippen molar-refractivity contribution in [3.8, 4) is 0 Å². The number of hydrogen-bond donors (Lipinski definition) is 0. The lowest BCUT2D eigenvalue weighted by Gasteiger charge is -1.58. The molecule has 4 heteroatoms. The van der Waals surface area contributed by atoms with E-state index >= 15 is 0 Å². The maximum atomic E-state index is 7.66. The summed E-state index contributed by atoms with van der Waals surface area (Å²) >= 11 is 0. The fourth-order valence-corrected chi connectivity index (χ4v) is 0.167. The summed E-state index contributed by atoms with van der Waals surface area (Å²) in [6, 6.07) is 0. The fourth-order valence-electron chi connectivity index (χ4n) is 0.167. The van der Waals surface area contributed by atoms with Gasteiger partial charge in [-0.2, -0.15) is 0 Å².